The molecule has 0 bridgehead atoms. The molecule has 0 aliphatic heterocycles. The molecule has 1 aliphatic carbocycles. The number of carbonyl (C=O) groups excluding carboxylic acids is 2. The molecule has 1 aromatic carbocycles. The summed E-state index contributed by atoms with van der Waals surface area (Å²) in [6.07, 6.45) is 11.6. The average molecular weight is 496 g/mol. The topological polar surface area (TPSA) is 103 Å². The van der Waals surface area contributed by atoms with E-state index in [2.05, 4.69) is 15.3 Å². The number of carbonyl (C=O) groups is 2. The molecule has 0 radical (unpaired) electrons. The molecule has 0 fully saturated rings. The van der Waals surface area contributed by atoms with Crippen molar-refractivity contribution in [3.63, 3.8) is 0 Å². The van der Waals surface area contributed by atoms with E-state index in [0.717, 1.165) is 0 Å². The second kappa shape index (κ2) is 10.2. The molecule has 1 unspecified atom stereocenters. The van der Waals surface area contributed by atoms with Gasteiger partial charge in [0, 0.05) is 47.8 Å². The van der Waals surface area contributed by atoms with Crippen LogP contribution in [0, 0.1) is 5.41 Å². The first kappa shape index (κ1) is 23.7. The second-order valence-corrected chi connectivity index (χ2v) is 8.98. The highest BCUT2D eigenvalue weighted by atomic mass is 35.5. The molecule has 0 spiro atoms. The van der Waals surface area contributed by atoms with Crippen LogP contribution in [0.15, 0.2) is 84.1 Å². The van der Waals surface area contributed by atoms with Gasteiger partial charge in [0.05, 0.1) is 28.0 Å². The molecule has 3 aromatic rings. The Kier molecular flexibility index (Phi) is 7.14. The number of nitrogens with one attached hydrogen (secondary N) is 1. The summed E-state index contributed by atoms with van der Waals surface area (Å²) in [5, 5.41) is 3.67. The highest BCUT2D eigenvalue weighted by Crippen LogP contribution is 2.40. The quantitative estimate of drug-likeness (QED) is 0.461. The normalized spacial score (nSPS) is 17.6. The number of nitrogens with zero attached hydrogens (tertiary/aromatic N) is 3. The van der Waals surface area contributed by atoms with E-state index in [1.807, 2.05) is 29.0 Å². The minimum atomic E-state index is -0.937. The molecule has 0 saturated carbocycles. The number of benzene rings is 1. The number of pyridine rings is 1. The third kappa shape index (κ3) is 5.21. The molecule has 1 aliphatic rings. The van der Waals surface area contributed by atoms with Crippen LogP contribution in [-0.2, 0) is 16.1 Å². The lowest BCUT2D eigenvalue weighted by atomic mass is 9.75. The Bertz CT molecular complexity index is 1260. The van der Waals surface area contributed by atoms with Crippen LogP contribution in [-0.4, -0.2) is 26.3 Å². The maximum Gasteiger partial charge on any atom is 0.256 e. The minimum absolute atomic E-state index is 0.173. The third-order valence-corrected chi connectivity index (χ3v) is 6.50. The van der Waals surface area contributed by atoms with Crippen molar-refractivity contribution < 1.29 is 9.59 Å². The van der Waals surface area contributed by atoms with E-state index in [9.17, 15) is 9.59 Å². The second-order valence-electron chi connectivity index (χ2n) is 8.12. The SMILES string of the molecule is NC(=O)C1(CCCn2ccnc2)C=CC(C(=O)Nc2ccc(Cl)c(-c3ccccn3)c2)=C(Cl)C1. The number of imidazole rings is 1. The van der Waals surface area contributed by atoms with Crippen molar-refractivity contribution in [1.29, 1.82) is 0 Å². The molecule has 2 aromatic heterocycles. The number of hydrogen-bond donors (Lipinski definition) is 2. The van der Waals surface area contributed by atoms with Gasteiger partial charge in [-0.05, 0) is 43.2 Å². The van der Waals surface area contributed by atoms with Gasteiger partial charge >= 0.3 is 0 Å². The lowest BCUT2D eigenvalue weighted by Crippen LogP contribution is -2.37. The van der Waals surface area contributed by atoms with Gasteiger partial charge in [0.15, 0.2) is 0 Å². The first-order chi connectivity index (χ1) is 16.4. The number of aromatic nitrogens is 3. The number of anilines is 1. The highest BCUT2D eigenvalue weighted by molar-refractivity contribution is 6.34. The summed E-state index contributed by atoms with van der Waals surface area (Å²) in [5.41, 5.74) is 7.05. The highest BCUT2D eigenvalue weighted by Gasteiger charge is 2.38. The van der Waals surface area contributed by atoms with Gasteiger partial charge < -0.3 is 15.6 Å². The van der Waals surface area contributed by atoms with Crippen LogP contribution in [0.3, 0.4) is 0 Å². The summed E-state index contributed by atoms with van der Waals surface area (Å²) in [7, 11) is 0. The molecule has 2 heterocycles. The molecule has 4 rings (SSSR count). The third-order valence-electron chi connectivity index (χ3n) is 5.83. The van der Waals surface area contributed by atoms with Crippen molar-refractivity contribution in [1.82, 2.24) is 14.5 Å². The Hall–Kier alpha value is -3.42. The molecule has 2 amide bonds. The van der Waals surface area contributed by atoms with Gasteiger partial charge in [-0.1, -0.05) is 41.4 Å². The van der Waals surface area contributed by atoms with E-state index in [1.165, 1.54) is 0 Å². The molecule has 174 valence electrons. The first-order valence-electron chi connectivity index (χ1n) is 10.7. The number of halogens is 2. The Balaban J connectivity index is 1.47. The van der Waals surface area contributed by atoms with E-state index in [-0.39, 0.29) is 12.3 Å². The van der Waals surface area contributed by atoms with Gasteiger partial charge in [0.25, 0.3) is 5.91 Å². The van der Waals surface area contributed by atoms with Crippen molar-refractivity contribution in [3.05, 3.63) is 89.1 Å². The Morgan fingerprint density at radius 1 is 1.18 bits per heavy atom. The standard InChI is InChI=1S/C25H23Cl2N5O2/c26-20-6-5-17(14-19(20)22-4-1-2-10-30-22)31-23(33)18-7-9-25(24(28)34,15-21(18)27)8-3-12-32-13-11-29-16-32/h1-2,4-7,9-11,13-14,16H,3,8,12,15H2,(H2,28,34)(H,31,33). The summed E-state index contributed by atoms with van der Waals surface area (Å²) in [5.74, 6) is -0.850. The van der Waals surface area contributed by atoms with Gasteiger partial charge in [-0.2, -0.15) is 0 Å². The van der Waals surface area contributed by atoms with Crippen LogP contribution in [0.2, 0.25) is 5.02 Å². The Labute approximate surface area is 207 Å². The fraction of sp³-hybridized carbons (Fsp3) is 0.200. The van der Waals surface area contributed by atoms with E-state index in [4.69, 9.17) is 28.9 Å². The number of allylic oxidation sites excluding steroid dienone is 1. The van der Waals surface area contributed by atoms with Crippen molar-refractivity contribution in [2.45, 2.75) is 25.8 Å². The average Bonchev–Trinajstić information content (AvgIpc) is 3.34. The van der Waals surface area contributed by atoms with Gasteiger partial charge in [0.2, 0.25) is 5.91 Å². The van der Waals surface area contributed by atoms with Gasteiger partial charge in [-0.15, -0.1) is 0 Å². The monoisotopic (exact) mass is 495 g/mol. The number of aryl methyl sites for hydroxylation is 1. The number of hydrogen-bond acceptors (Lipinski definition) is 4. The van der Waals surface area contributed by atoms with Crippen LogP contribution in [0.1, 0.15) is 19.3 Å². The Morgan fingerprint density at radius 2 is 2.03 bits per heavy atom. The van der Waals surface area contributed by atoms with E-state index in [1.54, 1.807) is 49.1 Å². The number of rotatable bonds is 8. The van der Waals surface area contributed by atoms with Gasteiger partial charge in [-0.25, -0.2) is 4.98 Å². The zero-order valence-corrected chi connectivity index (χ0v) is 19.8. The van der Waals surface area contributed by atoms with Crippen LogP contribution < -0.4 is 11.1 Å². The molecule has 7 nitrogen and oxygen atoms in total. The molecule has 1 atom stereocenters. The first-order valence-corrected chi connectivity index (χ1v) is 11.5. The summed E-state index contributed by atoms with van der Waals surface area (Å²) in [6, 6.07) is 10.7. The predicted molar refractivity (Wildman–Crippen MR) is 133 cm³/mol. The smallest absolute Gasteiger partial charge is 0.256 e. The maximum atomic E-state index is 13.0. The predicted octanol–water partition coefficient (Wildman–Crippen LogP) is 4.94. The fourth-order valence-electron chi connectivity index (χ4n) is 3.94. The number of primary amides is 1. The molecule has 9 heteroatoms. The zero-order chi connectivity index (χ0) is 24.1. The van der Waals surface area contributed by atoms with Crippen LogP contribution >= 0.6 is 23.2 Å². The molecular weight excluding hydrogens is 473 g/mol. The fourth-order valence-corrected chi connectivity index (χ4v) is 4.54. The molecule has 0 saturated heterocycles. The van der Waals surface area contributed by atoms with Crippen molar-refractivity contribution in [3.8, 4) is 11.3 Å². The summed E-state index contributed by atoms with van der Waals surface area (Å²) in [4.78, 5) is 33.7. The summed E-state index contributed by atoms with van der Waals surface area (Å²) < 4.78 is 1.93. The lowest BCUT2D eigenvalue weighted by Gasteiger charge is -2.30. The van der Waals surface area contributed by atoms with Crippen LogP contribution in [0.4, 0.5) is 5.69 Å². The van der Waals surface area contributed by atoms with Gasteiger partial charge in [-0.3, -0.25) is 14.6 Å². The van der Waals surface area contributed by atoms with E-state index in [0.29, 0.717) is 52.0 Å². The molecular formula is C25H23Cl2N5O2. The summed E-state index contributed by atoms with van der Waals surface area (Å²) >= 11 is 12.8. The van der Waals surface area contributed by atoms with Crippen LogP contribution in [0.25, 0.3) is 11.3 Å². The Morgan fingerprint density at radius 3 is 2.71 bits per heavy atom. The molecule has 3 N–H and O–H groups in total. The van der Waals surface area contributed by atoms with Gasteiger partial charge in [0.1, 0.15) is 0 Å². The van der Waals surface area contributed by atoms with Crippen molar-refractivity contribution in [2.24, 2.45) is 11.1 Å². The summed E-state index contributed by atoms with van der Waals surface area (Å²) in [6.45, 7) is 0.701. The van der Waals surface area contributed by atoms with Crippen molar-refractivity contribution in [2.75, 3.05) is 5.32 Å². The van der Waals surface area contributed by atoms with Crippen LogP contribution in [0.5, 0.6) is 0 Å². The number of amides is 2. The minimum Gasteiger partial charge on any atom is -0.369 e. The zero-order valence-electron chi connectivity index (χ0n) is 18.2. The maximum absolute atomic E-state index is 13.0. The van der Waals surface area contributed by atoms with E-state index < -0.39 is 11.3 Å². The molecule has 34 heavy (non-hydrogen) atoms. The number of nitrogens with two attached hydrogens (primary N) is 1. The van der Waals surface area contributed by atoms with Crippen molar-refractivity contribution >= 4 is 40.7 Å². The lowest BCUT2D eigenvalue weighted by molar-refractivity contribution is -0.125. The largest absolute Gasteiger partial charge is 0.369 e. The van der Waals surface area contributed by atoms with E-state index >= 15 is 0 Å².